The largest absolute Gasteiger partial charge is 0.496 e. The van der Waals surface area contributed by atoms with Crippen LogP contribution in [-0.4, -0.2) is 36.2 Å². The average molecular weight is 277 g/mol. The molecular weight excluding hydrogens is 254 g/mol. The van der Waals surface area contributed by atoms with Gasteiger partial charge >= 0.3 is 5.97 Å². The third-order valence-electron chi connectivity index (χ3n) is 4.08. The number of ether oxygens (including phenoxy) is 1. The summed E-state index contributed by atoms with van der Waals surface area (Å²) in [6, 6.07) is 5.44. The first-order valence-electron chi connectivity index (χ1n) is 7.26. The quantitative estimate of drug-likeness (QED) is 0.899. The van der Waals surface area contributed by atoms with E-state index in [2.05, 4.69) is 11.8 Å². The van der Waals surface area contributed by atoms with Crippen LogP contribution in [0.2, 0.25) is 0 Å². The van der Waals surface area contributed by atoms with Crippen LogP contribution in [0.5, 0.6) is 5.75 Å². The Morgan fingerprint density at radius 1 is 1.50 bits per heavy atom. The second-order valence-corrected chi connectivity index (χ2v) is 5.49. The van der Waals surface area contributed by atoms with Crippen molar-refractivity contribution in [3.63, 3.8) is 0 Å². The first-order chi connectivity index (χ1) is 9.63. The lowest BCUT2D eigenvalue weighted by molar-refractivity contribution is 0.0693. The van der Waals surface area contributed by atoms with Gasteiger partial charge in [0.2, 0.25) is 0 Å². The van der Waals surface area contributed by atoms with E-state index in [9.17, 15) is 9.90 Å². The number of aromatic carboxylic acids is 1. The topological polar surface area (TPSA) is 49.8 Å². The number of piperidine rings is 1. The molecule has 110 valence electrons. The van der Waals surface area contributed by atoms with Crippen LogP contribution in [0, 0.1) is 5.92 Å². The molecule has 0 aromatic heterocycles. The van der Waals surface area contributed by atoms with Crippen molar-refractivity contribution in [2.24, 2.45) is 5.92 Å². The molecule has 1 aromatic rings. The molecule has 4 heteroatoms. The van der Waals surface area contributed by atoms with E-state index in [0.717, 1.165) is 31.1 Å². The van der Waals surface area contributed by atoms with Gasteiger partial charge in [-0.3, -0.25) is 4.90 Å². The highest BCUT2D eigenvalue weighted by Gasteiger charge is 2.19. The Labute approximate surface area is 120 Å². The molecule has 1 N–H and O–H groups in total. The molecule has 1 heterocycles. The van der Waals surface area contributed by atoms with Crippen LogP contribution in [0.1, 0.15) is 42.1 Å². The number of rotatable bonds is 5. The molecule has 20 heavy (non-hydrogen) atoms. The summed E-state index contributed by atoms with van der Waals surface area (Å²) in [6.07, 6.45) is 3.77. The number of carbonyl (C=O) groups is 1. The van der Waals surface area contributed by atoms with Gasteiger partial charge in [-0.05, 0) is 43.0 Å². The molecule has 1 atom stereocenters. The average Bonchev–Trinajstić information content (AvgIpc) is 2.47. The number of hydrogen-bond donors (Lipinski definition) is 1. The molecule has 0 bridgehead atoms. The number of likely N-dealkylation sites (tertiary alicyclic amines) is 1. The molecule has 1 aliphatic heterocycles. The lowest BCUT2D eigenvalue weighted by Crippen LogP contribution is -2.34. The van der Waals surface area contributed by atoms with Crippen LogP contribution < -0.4 is 4.74 Å². The highest BCUT2D eigenvalue weighted by atomic mass is 16.5. The smallest absolute Gasteiger partial charge is 0.339 e. The fraction of sp³-hybridized carbons (Fsp3) is 0.562. The van der Waals surface area contributed by atoms with E-state index < -0.39 is 5.97 Å². The van der Waals surface area contributed by atoms with Crippen molar-refractivity contribution in [2.75, 3.05) is 20.2 Å². The highest BCUT2D eigenvalue weighted by Crippen LogP contribution is 2.24. The van der Waals surface area contributed by atoms with Gasteiger partial charge in [-0.15, -0.1) is 0 Å². The first-order valence-corrected chi connectivity index (χ1v) is 7.26. The van der Waals surface area contributed by atoms with Gasteiger partial charge in [0.25, 0.3) is 0 Å². The van der Waals surface area contributed by atoms with Crippen molar-refractivity contribution in [3.05, 3.63) is 29.3 Å². The molecule has 4 nitrogen and oxygen atoms in total. The summed E-state index contributed by atoms with van der Waals surface area (Å²) in [7, 11) is 1.50. The second-order valence-electron chi connectivity index (χ2n) is 5.49. The van der Waals surface area contributed by atoms with Gasteiger partial charge in [0.15, 0.2) is 0 Å². The molecule has 1 aromatic carbocycles. The number of hydrogen-bond acceptors (Lipinski definition) is 3. The van der Waals surface area contributed by atoms with E-state index in [4.69, 9.17) is 4.74 Å². The molecule has 1 fully saturated rings. The molecule has 0 spiro atoms. The van der Waals surface area contributed by atoms with Crippen LogP contribution in [0.3, 0.4) is 0 Å². The van der Waals surface area contributed by atoms with Crippen LogP contribution in [-0.2, 0) is 6.54 Å². The van der Waals surface area contributed by atoms with Crippen LogP contribution in [0.15, 0.2) is 18.2 Å². The minimum Gasteiger partial charge on any atom is -0.496 e. The van der Waals surface area contributed by atoms with Gasteiger partial charge in [-0.2, -0.15) is 0 Å². The van der Waals surface area contributed by atoms with E-state index in [-0.39, 0.29) is 5.56 Å². The minimum absolute atomic E-state index is 0.244. The van der Waals surface area contributed by atoms with Crippen molar-refractivity contribution < 1.29 is 14.6 Å². The van der Waals surface area contributed by atoms with Gasteiger partial charge in [0.1, 0.15) is 11.3 Å². The summed E-state index contributed by atoms with van der Waals surface area (Å²) in [5.74, 6) is 0.265. The molecule has 1 unspecified atom stereocenters. The van der Waals surface area contributed by atoms with Crippen molar-refractivity contribution in [2.45, 2.75) is 32.7 Å². The summed E-state index contributed by atoms with van der Waals surface area (Å²) in [4.78, 5) is 13.7. The summed E-state index contributed by atoms with van der Waals surface area (Å²) < 4.78 is 5.09. The SMILES string of the molecule is CCC1CCCN(Cc2ccc(OC)c(C(=O)O)c2)C1. The van der Waals surface area contributed by atoms with Gasteiger partial charge in [0, 0.05) is 13.1 Å². The molecular formula is C16H23NO3. The van der Waals surface area contributed by atoms with Crippen molar-refractivity contribution in [3.8, 4) is 5.75 Å². The van der Waals surface area contributed by atoms with Gasteiger partial charge < -0.3 is 9.84 Å². The van der Waals surface area contributed by atoms with E-state index in [1.807, 2.05) is 6.07 Å². The van der Waals surface area contributed by atoms with Crippen LogP contribution >= 0.6 is 0 Å². The Bertz CT molecular complexity index is 473. The molecule has 1 saturated heterocycles. The van der Waals surface area contributed by atoms with E-state index in [0.29, 0.717) is 5.75 Å². The van der Waals surface area contributed by atoms with Gasteiger partial charge in [-0.1, -0.05) is 19.4 Å². The maximum Gasteiger partial charge on any atom is 0.339 e. The van der Waals surface area contributed by atoms with Crippen molar-refractivity contribution >= 4 is 5.97 Å². The fourth-order valence-electron chi connectivity index (χ4n) is 2.91. The predicted octanol–water partition coefficient (Wildman–Crippen LogP) is 3.02. The van der Waals surface area contributed by atoms with Crippen LogP contribution in [0.25, 0.3) is 0 Å². The molecule has 0 aliphatic carbocycles. The number of methoxy groups -OCH3 is 1. The summed E-state index contributed by atoms with van der Waals surface area (Å²) in [6.45, 7) is 5.28. The Morgan fingerprint density at radius 3 is 2.95 bits per heavy atom. The van der Waals surface area contributed by atoms with Gasteiger partial charge in [-0.25, -0.2) is 4.79 Å². The van der Waals surface area contributed by atoms with E-state index in [1.165, 1.54) is 26.4 Å². The molecule has 2 rings (SSSR count). The maximum absolute atomic E-state index is 11.2. The Hall–Kier alpha value is -1.55. The molecule has 0 amide bonds. The second kappa shape index (κ2) is 6.75. The van der Waals surface area contributed by atoms with E-state index >= 15 is 0 Å². The third kappa shape index (κ3) is 3.51. The lowest BCUT2D eigenvalue weighted by Gasteiger charge is -2.32. The molecule has 0 saturated carbocycles. The normalized spacial score (nSPS) is 19.8. The summed E-state index contributed by atoms with van der Waals surface area (Å²) in [5.41, 5.74) is 1.29. The number of benzene rings is 1. The number of carboxylic acid groups (broad SMARTS) is 1. The first kappa shape index (κ1) is 14.9. The van der Waals surface area contributed by atoms with Gasteiger partial charge in [0.05, 0.1) is 7.11 Å². The molecule has 1 aliphatic rings. The monoisotopic (exact) mass is 277 g/mol. The Balaban J connectivity index is 2.09. The number of carboxylic acids is 1. The van der Waals surface area contributed by atoms with Crippen molar-refractivity contribution in [1.82, 2.24) is 4.90 Å². The highest BCUT2D eigenvalue weighted by molar-refractivity contribution is 5.91. The Morgan fingerprint density at radius 2 is 2.30 bits per heavy atom. The predicted molar refractivity (Wildman–Crippen MR) is 78.2 cm³/mol. The maximum atomic E-state index is 11.2. The van der Waals surface area contributed by atoms with E-state index in [1.54, 1.807) is 12.1 Å². The Kier molecular flexibility index (Phi) is 5.01. The lowest BCUT2D eigenvalue weighted by atomic mass is 9.95. The zero-order chi connectivity index (χ0) is 14.5. The van der Waals surface area contributed by atoms with Crippen LogP contribution in [0.4, 0.5) is 0 Å². The molecule has 0 radical (unpaired) electrons. The zero-order valence-electron chi connectivity index (χ0n) is 12.3. The minimum atomic E-state index is -0.936. The zero-order valence-corrected chi connectivity index (χ0v) is 12.3. The van der Waals surface area contributed by atoms with Crippen molar-refractivity contribution in [1.29, 1.82) is 0 Å². The fourth-order valence-corrected chi connectivity index (χ4v) is 2.91. The summed E-state index contributed by atoms with van der Waals surface area (Å²) in [5, 5.41) is 9.21. The summed E-state index contributed by atoms with van der Waals surface area (Å²) >= 11 is 0. The third-order valence-corrected chi connectivity index (χ3v) is 4.08. The number of nitrogens with zero attached hydrogens (tertiary/aromatic N) is 1. The standard InChI is InChI=1S/C16H23NO3/c1-3-12-5-4-8-17(10-12)11-13-6-7-15(20-2)14(9-13)16(18)19/h6-7,9,12H,3-5,8,10-11H2,1-2H3,(H,18,19).